The summed E-state index contributed by atoms with van der Waals surface area (Å²) in [6, 6.07) is 21.2. The van der Waals surface area contributed by atoms with E-state index in [1.54, 1.807) is 55.6 Å². The van der Waals surface area contributed by atoms with E-state index in [2.05, 4.69) is 10.5 Å². The van der Waals surface area contributed by atoms with Crippen molar-refractivity contribution in [3.05, 3.63) is 95.1 Å². The molecular weight excluding hydrogens is 438 g/mol. The van der Waals surface area contributed by atoms with E-state index in [0.29, 0.717) is 5.75 Å². The van der Waals surface area contributed by atoms with Crippen LogP contribution in [0.15, 0.2) is 82.8 Å². The summed E-state index contributed by atoms with van der Waals surface area (Å²) >= 11 is 0. The molecular formula is C25H27N3O4S. The molecule has 33 heavy (non-hydrogen) atoms. The minimum absolute atomic E-state index is 0.0630. The van der Waals surface area contributed by atoms with Gasteiger partial charge < -0.3 is 4.74 Å². The molecule has 0 aromatic heterocycles. The molecule has 0 heterocycles. The Balaban J connectivity index is 1.77. The van der Waals surface area contributed by atoms with Crippen LogP contribution in [-0.2, 0) is 21.4 Å². The molecule has 0 aliphatic carbocycles. The third kappa shape index (κ3) is 6.74. The highest BCUT2D eigenvalue weighted by atomic mass is 32.2. The van der Waals surface area contributed by atoms with E-state index in [1.807, 2.05) is 38.1 Å². The normalized spacial score (nSPS) is 11.6. The van der Waals surface area contributed by atoms with Gasteiger partial charge in [0.1, 0.15) is 5.75 Å². The first-order valence-electron chi connectivity index (χ1n) is 10.4. The number of aryl methyl sites for hydroxylation is 2. The topological polar surface area (TPSA) is 88.1 Å². The molecule has 0 fully saturated rings. The van der Waals surface area contributed by atoms with Crippen LogP contribution in [-0.4, -0.2) is 38.5 Å². The number of benzene rings is 3. The minimum atomic E-state index is -3.90. The fourth-order valence-electron chi connectivity index (χ4n) is 3.16. The van der Waals surface area contributed by atoms with Crippen molar-refractivity contribution in [2.75, 3.05) is 13.7 Å². The van der Waals surface area contributed by atoms with Crippen LogP contribution in [0.5, 0.6) is 5.75 Å². The van der Waals surface area contributed by atoms with Gasteiger partial charge >= 0.3 is 0 Å². The number of hydrogen-bond acceptors (Lipinski definition) is 5. The molecule has 7 nitrogen and oxygen atoms in total. The molecule has 172 valence electrons. The second kappa shape index (κ2) is 10.9. The minimum Gasteiger partial charge on any atom is -0.497 e. The lowest BCUT2D eigenvalue weighted by molar-refractivity contribution is -0.121. The van der Waals surface area contributed by atoms with Crippen molar-refractivity contribution in [1.82, 2.24) is 9.73 Å². The molecule has 0 bridgehead atoms. The summed E-state index contributed by atoms with van der Waals surface area (Å²) in [5.74, 6) is 0.174. The van der Waals surface area contributed by atoms with Gasteiger partial charge in [0, 0.05) is 6.54 Å². The number of ether oxygens (including phenoxy) is 1. The van der Waals surface area contributed by atoms with Gasteiger partial charge in [0.25, 0.3) is 5.91 Å². The molecule has 0 radical (unpaired) electrons. The van der Waals surface area contributed by atoms with Crippen molar-refractivity contribution in [2.45, 2.75) is 25.3 Å². The van der Waals surface area contributed by atoms with Gasteiger partial charge in [-0.2, -0.15) is 9.41 Å². The van der Waals surface area contributed by atoms with Crippen molar-refractivity contribution >= 4 is 22.1 Å². The van der Waals surface area contributed by atoms with E-state index in [-0.39, 0.29) is 18.0 Å². The summed E-state index contributed by atoms with van der Waals surface area (Å²) in [7, 11) is -2.32. The van der Waals surface area contributed by atoms with Crippen molar-refractivity contribution in [3.63, 3.8) is 0 Å². The molecule has 3 rings (SSSR count). The summed E-state index contributed by atoms with van der Waals surface area (Å²) in [5.41, 5.74) is 5.93. The Kier molecular flexibility index (Phi) is 7.97. The number of sulfonamides is 1. The Bertz CT molecular complexity index is 1220. The summed E-state index contributed by atoms with van der Waals surface area (Å²) in [4.78, 5) is 12.7. The molecule has 1 amide bonds. The van der Waals surface area contributed by atoms with Crippen molar-refractivity contribution < 1.29 is 17.9 Å². The Morgan fingerprint density at radius 2 is 1.70 bits per heavy atom. The maximum atomic E-state index is 13.3. The Morgan fingerprint density at radius 1 is 1.00 bits per heavy atom. The van der Waals surface area contributed by atoms with Gasteiger partial charge in [0.15, 0.2) is 0 Å². The molecule has 8 heteroatoms. The second-order valence-electron chi connectivity index (χ2n) is 7.64. The number of rotatable bonds is 9. The van der Waals surface area contributed by atoms with Crippen LogP contribution < -0.4 is 10.2 Å². The van der Waals surface area contributed by atoms with Crippen LogP contribution in [0.3, 0.4) is 0 Å². The number of nitrogens with zero attached hydrogens (tertiary/aromatic N) is 2. The fraction of sp³-hybridized carbons (Fsp3) is 0.200. The van der Waals surface area contributed by atoms with E-state index < -0.39 is 15.9 Å². The number of methoxy groups -OCH3 is 1. The fourth-order valence-corrected chi connectivity index (χ4v) is 4.55. The summed E-state index contributed by atoms with van der Waals surface area (Å²) < 4.78 is 32.9. The van der Waals surface area contributed by atoms with Crippen LogP contribution in [0.4, 0.5) is 0 Å². The number of amides is 1. The first kappa shape index (κ1) is 24.2. The molecule has 1 N–H and O–H groups in total. The quantitative estimate of drug-likeness (QED) is 0.386. The average Bonchev–Trinajstić information content (AvgIpc) is 2.79. The average molecular weight is 466 g/mol. The second-order valence-corrected chi connectivity index (χ2v) is 9.58. The lowest BCUT2D eigenvalue weighted by Gasteiger charge is -2.22. The van der Waals surface area contributed by atoms with Gasteiger partial charge in [-0.25, -0.2) is 13.8 Å². The first-order chi connectivity index (χ1) is 15.8. The summed E-state index contributed by atoms with van der Waals surface area (Å²) in [5, 5.41) is 3.95. The molecule has 0 aliphatic heterocycles. The molecule has 3 aromatic carbocycles. The standard InChI is InChI=1S/C25H27N3O4S/c1-19-7-13-24(14-8-19)33(30,31)28(17-22-6-4-5-20(2)15-22)18-25(29)27-26-16-21-9-11-23(32-3)12-10-21/h4-16H,17-18H2,1-3H3,(H,27,29)/b26-16-. The number of hydrazone groups is 1. The maximum absolute atomic E-state index is 13.3. The lowest BCUT2D eigenvalue weighted by atomic mass is 10.1. The van der Waals surface area contributed by atoms with Gasteiger partial charge in [-0.1, -0.05) is 47.5 Å². The van der Waals surface area contributed by atoms with Gasteiger partial charge in [-0.05, 0) is 61.4 Å². The van der Waals surface area contributed by atoms with E-state index in [1.165, 1.54) is 6.21 Å². The van der Waals surface area contributed by atoms with Crippen LogP contribution in [0.1, 0.15) is 22.3 Å². The van der Waals surface area contributed by atoms with E-state index in [0.717, 1.165) is 26.6 Å². The molecule has 0 saturated carbocycles. The highest BCUT2D eigenvalue weighted by Crippen LogP contribution is 2.19. The number of carbonyl (C=O) groups is 1. The molecule has 0 aliphatic rings. The Hall–Kier alpha value is -3.49. The van der Waals surface area contributed by atoms with Crippen LogP contribution >= 0.6 is 0 Å². The van der Waals surface area contributed by atoms with Gasteiger partial charge in [-0.3, -0.25) is 4.79 Å². The molecule has 3 aromatic rings. The van der Waals surface area contributed by atoms with E-state index >= 15 is 0 Å². The van der Waals surface area contributed by atoms with E-state index in [4.69, 9.17) is 4.74 Å². The van der Waals surface area contributed by atoms with Crippen molar-refractivity contribution in [3.8, 4) is 5.75 Å². The van der Waals surface area contributed by atoms with Crippen molar-refractivity contribution in [1.29, 1.82) is 0 Å². The van der Waals surface area contributed by atoms with Crippen molar-refractivity contribution in [2.24, 2.45) is 5.10 Å². The van der Waals surface area contributed by atoms with Gasteiger partial charge in [0.05, 0.1) is 24.8 Å². The lowest BCUT2D eigenvalue weighted by Crippen LogP contribution is -2.39. The first-order valence-corrected chi connectivity index (χ1v) is 11.8. The summed E-state index contributed by atoms with van der Waals surface area (Å²) in [6.07, 6.45) is 1.48. The Morgan fingerprint density at radius 3 is 2.33 bits per heavy atom. The zero-order valence-corrected chi connectivity index (χ0v) is 19.7. The third-order valence-electron chi connectivity index (χ3n) is 4.94. The maximum Gasteiger partial charge on any atom is 0.255 e. The molecule has 0 atom stereocenters. The van der Waals surface area contributed by atoms with Crippen LogP contribution in [0.25, 0.3) is 0 Å². The molecule has 0 spiro atoms. The molecule has 0 unspecified atom stereocenters. The number of hydrogen-bond donors (Lipinski definition) is 1. The molecule has 0 saturated heterocycles. The number of nitrogens with one attached hydrogen (secondary N) is 1. The number of carbonyl (C=O) groups excluding carboxylic acids is 1. The highest BCUT2D eigenvalue weighted by molar-refractivity contribution is 7.89. The van der Waals surface area contributed by atoms with Gasteiger partial charge in [0.2, 0.25) is 10.0 Å². The predicted octanol–water partition coefficient (Wildman–Crippen LogP) is 3.65. The zero-order valence-electron chi connectivity index (χ0n) is 18.9. The largest absolute Gasteiger partial charge is 0.497 e. The van der Waals surface area contributed by atoms with Crippen LogP contribution in [0.2, 0.25) is 0 Å². The SMILES string of the molecule is COc1ccc(/C=N\NC(=O)CN(Cc2cccc(C)c2)S(=O)(=O)c2ccc(C)cc2)cc1. The Labute approximate surface area is 194 Å². The van der Waals surface area contributed by atoms with Crippen LogP contribution in [0, 0.1) is 13.8 Å². The van der Waals surface area contributed by atoms with Gasteiger partial charge in [-0.15, -0.1) is 0 Å². The summed E-state index contributed by atoms with van der Waals surface area (Å²) in [6.45, 7) is 3.51. The highest BCUT2D eigenvalue weighted by Gasteiger charge is 2.27. The smallest absolute Gasteiger partial charge is 0.255 e. The third-order valence-corrected chi connectivity index (χ3v) is 6.74. The van der Waals surface area contributed by atoms with E-state index in [9.17, 15) is 13.2 Å². The monoisotopic (exact) mass is 465 g/mol. The zero-order chi connectivity index (χ0) is 23.8. The predicted molar refractivity (Wildman–Crippen MR) is 129 cm³/mol.